The third-order valence-electron chi connectivity index (χ3n) is 1.90. The monoisotopic (exact) mass is 201 g/mol. The van der Waals surface area contributed by atoms with Gasteiger partial charge in [0, 0.05) is 5.41 Å². The van der Waals surface area contributed by atoms with E-state index in [1.54, 1.807) is 34.6 Å². The van der Waals surface area contributed by atoms with Crippen LogP contribution in [-0.2, 0) is 9.59 Å². The number of amides is 1. The SMILES string of the molecule is CC(C)[C@@H](NC(=O)C(C)(C)C)C(=O)O. The van der Waals surface area contributed by atoms with E-state index < -0.39 is 17.4 Å². The van der Waals surface area contributed by atoms with Gasteiger partial charge in [0.05, 0.1) is 0 Å². The standard InChI is InChI=1S/C10H19NO3/c1-6(2)7(8(12)13)11-9(14)10(3,4)5/h6-7H,1-5H3,(H,11,14)(H,12,13)/t7-/m1/s1. The molecule has 14 heavy (non-hydrogen) atoms. The smallest absolute Gasteiger partial charge is 0.326 e. The Balaban J connectivity index is 4.48. The van der Waals surface area contributed by atoms with Crippen LogP contribution in [0.25, 0.3) is 0 Å². The normalized spacial score (nSPS) is 13.9. The van der Waals surface area contributed by atoms with E-state index in [-0.39, 0.29) is 11.8 Å². The van der Waals surface area contributed by atoms with Crippen molar-refractivity contribution in [2.75, 3.05) is 0 Å². The summed E-state index contributed by atoms with van der Waals surface area (Å²) in [6, 6.07) is -0.804. The molecule has 82 valence electrons. The molecule has 4 heteroatoms. The van der Waals surface area contributed by atoms with E-state index >= 15 is 0 Å². The first-order valence-electron chi connectivity index (χ1n) is 4.70. The average molecular weight is 201 g/mol. The van der Waals surface area contributed by atoms with Gasteiger partial charge in [0.2, 0.25) is 5.91 Å². The van der Waals surface area contributed by atoms with Crippen LogP contribution in [0.4, 0.5) is 0 Å². The number of carboxylic acids is 1. The molecule has 0 aromatic rings. The Labute approximate surface area is 84.7 Å². The second-order valence-corrected chi connectivity index (χ2v) is 4.78. The van der Waals surface area contributed by atoms with Gasteiger partial charge in [-0.25, -0.2) is 4.79 Å². The van der Waals surface area contributed by atoms with E-state index in [0.29, 0.717) is 0 Å². The largest absolute Gasteiger partial charge is 0.480 e. The van der Waals surface area contributed by atoms with Gasteiger partial charge in [0.25, 0.3) is 0 Å². The molecule has 1 atom stereocenters. The lowest BCUT2D eigenvalue weighted by atomic mass is 9.94. The van der Waals surface area contributed by atoms with Crippen molar-refractivity contribution in [2.45, 2.75) is 40.7 Å². The molecule has 0 saturated heterocycles. The molecule has 0 bridgehead atoms. The summed E-state index contributed by atoms with van der Waals surface area (Å²) in [4.78, 5) is 22.3. The maximum Gasteiger partial charge on any atom is 0.326 e. The molecule has 0 heterocycles. The molecule has 0 unspecified atom stereocenters. The Morgan fingerprint density at radius 3 is 1.86 bits per heavy atom. The third kappa shape index (κ3) is 3.77. The van der Waals surface area contributed by atoms with Gasteiger partial charge < -0.3 is 10.4 Å². The van der Waals surface area contributed by atoms with Crippen molar-refractivity contribution in [3.05, 3.63) is 0 Å². The zero-order chi connectivity index (χ0) is 11.5. The van der Waals surface area contributed by atoms with Gasteiger partial charge in [-0.2, -0.15) is 0 Å². The fourth-order valence-corrected chi connectivity index (χ4v) is 0.871. The number of carbonyl (C=O) groups excluding carboxylic acids is 1. The summed E-state index contributed by atoms with van der Waals surface area (Å²) >= 11 is 0. The number of hydrogen-bond donors (Lipinski definition) is 2. The number of hydrogen-bond acceptors (Lipinski definition) is 2. The average Bonchev–Trinajstić information content (AvgIpc) is 1.96. The summed E-state index contributed by atoms with van der Waals surface area (Å²) in [5, 5.41) is 11.4. The van der Waals surface area contributed by atoms with E-state index in [4.69, 9.17) is 5.11 Å². The highest BCUT2D eigenvalue weighted by Gasteiger charge is 2.28. The summed E-state index contributed by atoms with van der Waals surface area (Å²) in [7, 11) is 0. The number of carbonyl (C=O) groups is 2. The molecule has 0 aliphatic carbocycles. The lowest BCUT2D eigenvalue weighted by Gasteiger charge is -2.23. The Kier molecular flexibility index (Phi) is 4.10. The molecule has 0 aromatic carbocycles. The quantitative estimate of drug-likeness (QED) is 0.722. The van der Waals surface area contributed by atoms with Crippen LogP contribution in [-0.4, -0.2) is 23.0 Å². The molecular weight excluding hydrogens is 182 g/mol. The zero-order valence-electron chi connectivity index (χ0n) is 9.42. The minimum Gasteiger partial charge on any atom is -0.480 e. The molecule has 0 saturated carbocycles. The summed E-state index contributed by atoms with van der Waals surface area (Å²) in [6.07, 6.45) is 0. The van der Waals surface area contributed by atoms with Crippen LogP contribution in [0.2, 0.25) is 0 Å². The van der Waals surface area contributed by atoms with E-state index in [9.17, 15) is 9.59 Å². The van der Waals surface area contributed by atoms with Gasteiger partial charge in [-0.15, -0.1) is 0 Å². The van der Waals surface area contributed by atoms with Crippen LogP contribution in [0.3, 0.4) is 0 Å². The Morgan fingerprint density at radius 1 is 1.21 bits per heavy atom. The fourth-order valence-electron chi connectivity index (χ4n) is 0.871. The Hall–Kier alpha value is -1.06. The third-order valence-corrected chi connectivity index (χ3v) is 1.90. The van der Waals surface area contributed by atoms with Crippen LogP contribution in [0.5, 0.6) is 0 Å². The number of carboxylic acid groups (broad SMARTS) is 1. The molecule has 0 fully saturated rings. The van der Waals surface area contributed by atoms with Crippen molar-refractivity contribution in [1.29, 1.82) is 0 Å². The topological polar surface area (TPSA) is 66.4 Å². The number of nitrogens with one attached hydrogen (secondary N) is 1. The van der Waals surface area contributed by atoms with Gasteiger partial charge in [0.15, 0.2) is 0 Å². The molecule has 0 rings (SSSR count). The van der Waals surface area contributed by atoms with Crippen LogP contribution in [0.1, 0.15) is 34.6 Å². The van der Waals surface area contributed by atoms with Gasteiger partial charge in [-0.1, -0.05) is 34.6 Å². The van der Waals surface area contributed by atoms with Gasteiger partial charge in [-0.3, -0.25) is 4.79 Å². The van der Waals surface area contributed by atoms with Crippen LogP contribution >= 0.6 is 0 Å². The van der Waals surface area contributed by atoms with E-state index in [1.165, 1.54) is 0 Å². The molecule has 1 amide bonds. The first-order valence-corrected chi connectivity index (χ1v) is 4.70. The van der Waals surface area contributed by atoms with Crippen molar-refractivity contribution in [2.24, 2.45) is 11.3 Å². The van der Waals surface area contributed by atoms with Crippen LogP contribution in [0.15, 0.2) is 0 Å². The minimum absolute atomic E-state index is 0.112. The van der Waals surface area contributed by atoms with Gasteiger partial charge in [-0.05, 0) is 5.92 Å². The fraction of sp³-hybridized carbons (Fsp3) is 0.800. The number of aliphatic carboxylic acids is 1. The summed E-state index contributed by atoms with van der Waals surface area (Å²) in [5.74, 6) is -1.34. The predicted octanol–water partition coefficient (Wildman–Crippen LogP) is 1.26. The Morgan fingerprint density at radius 2 is 1.64 bits per heavy atom. The first kappa shape index (κ1) is 12.9. The van der Waals surface area contributed by atoms with E-state index in [1.807, 2.05) is 0 Å². The Bertz CT molecular complexity index is 228. The summed E-state index contributed by atoms with van der Waals surface area (Å²) < 4.78 is 0. The maximum atomic E-state index is 11.5. The van der Waals surface area contributed by atoms with Crippen molar-refractivity contribution < 1.29 is 14.7 Å². The predicted molar refractivity (Wildman–Crippen MR) is 53.9 cm³/mol. The lowest BCUT2D eigenvalue weighted by Crippen LogP contribution is -2.48. The summed E-state index contributed by atoms with van der Waals surface area (Å²) in [5.41, 5.74) is -0.553. The molecule has 2 N–H and O–H groups in total. The molecule has 0 aromatic heterocycles. The highest BCUT2D eigenvalue weighted by Crippen LogP contribution is 2.14. The van der Waals surface area contributed by atoms with Crippen molar-refractivity contribution in [3.63, 3.8) is 0 Å². The summed E-state index contributed by atoms with van der Waals surface area (Å²) in [6.45, 7) is 8.79. The lowest BCUT2D eigenvalue weighted by molar-refractivity contribution is -0.144. The maximum absolute atomic E-state index is 11.5. The minimum atomic E-state index is -0.988. The molecular formula is C10H19NO3. The molecule has 0 radical (unpaired) electrons. The molecule has 0 spiro atoms. The number of rotatable bonds is 3. The second kappa shape index (κ2) is 4.44. The van der Waals surface area contributed by atoms with E-state index in [2.05, 4.69) is 5.32 Å². The molecule has 4 nitrogen and oxygen atoms in total. The highest BCUT2D eigenvalue weighted by molar-refractivity contribution is 5.86. The van der Waals surface area contributed by atoms with Gasteiger partial charge >= 0.3 is 5.97 Å². The van der Waals surface area contributed by atoms with Crippen LogP contribution in [0, 0.1) is 11.3 Å². The first-order chi connectivity index (χ1) is 6.16. The molecule has 0 aliphatic heterocycles. The van der Waals surface area contributed by atoms with Crippen molar-refractivity contribution in [1.82, 2.24) is 5.32 Å². The zero-order valence-corrected chi connectivity index (χ0v) is 9.42. The van der Waals surface area contributed by atoms with Crippen molar-refractivity contribution >= 4 is 11.9 Å². The van der Waals surface area contributed by atoms with Crippen LogP contribution < -0.4 is 5.32 Å². The van der Waals surface area contributed by atoms with E-state index in [0.717, 1.165) is 0 Å². The molecule has 0 aliphatic rings. The highest BCUT2D eigenvalue weighted by atomic mass is 16.4. The van der Waals surface area contributed by atoms with Gasteiger partial charge in [0.1, 0.15) is 6.04 Å². The second-order valence-electron chi connectivity index (χ2n) is 4.78. The van der Waals surface area contributed by atoms with Crippen molar-refractivity contribution in [3.8, 4) is 0 Å².